The number of carbonyl (C=O) groups excluding carboxylic acids is 1. The zero-order valence-electron chi connectivity index (χ0n) is 17.6. The van der Waals surface area contributed by atoms with Crippen molar-refractivity contribution >= 4 is 33.2 Å². The van der Waals surface area contributed by atoms with E-state index >= 15 is 0 Å². The summed E-state index contributed by atoms with van der Waals surface area (Å²) in [6.45, 7) is 1.53. The number of hydrogen-bond donors (Lipinski definition) is 1. The summed E-state index contributed by atoms with van der Waals surface area (Å²) in [5, 5.41) is 2.85. The molecule has 9 heteroatoms. The maximum atomic E-state index is 13.4. The summed E-state index contributed by atoms with van der Waals surface area (Å²) < 4.78 is 39.2. The lowest BCUT2D eigenvalue weighted by Crippen LogP contribution is -2.36. The molecular formula is C24H21ClN2O5S. The number of anilines is 1. The fourth-order valence-corrected chi connectivity index (χ4v) is 5.90. The van der Waals surface area contributed by atoms with Gasteiger partial charge < -0.3 is 14.8 Å². The van der Waals surface area contributed by atoms with Gasteiger partial charge in [0.2, 0.25) is 10.0 Å². The number of hydrogen-bond acceptors (Lipinski definition) is 5. The van der Waals surface area contributed by atoms with Gasteiger partial charge in [0, 0.05) is 30.4 Å². The van der Waals surface area contributed by atoms with Gasteiger partial charge >= 0.3 is 0 Å². The van der Waals surface area contributed by atoms with Crippen LogP contribution in [0.4, 0.5) is 5.69 Å². The molecule has 3 aromatic rings. The highest BCUT2D eigenvalue weighted by atomic mass is 35.5. The first kappa shape index (κ1) is 21.8. The van der Waals surface area contributed by atoms with E-state index in [1.165, 1.54) is 22.5 Å². The highest BCUT2D eigenvalue weighted by Crippen LogP contribution is 2.33. The third-order valence-electron chi connectivity index (χ3n) is 5.71. The molecule has 0 fully saturated rings. The summed E-state index contributed by atoms with van der Waals surface area (Å²) in [5.74, 6) is 0.704. The van der Waals surface area contributed by atoms with Crippen molar-refractivity contribution in [3.8, 4) is 11.5 Å². The van der Waals surface area contributed by atoms with Crippen LogP contribution in [0.5, 0.6) is 11.5 Å². The summed E-state index contributed by atoms with van der Waals surface area (Å²) >= 11 is 6.28. The topological polar surface area (TPSA) is 84.9 Å². The average molecular weight is 485 g/mol. The first-order valence-electron chi connectivity index (χ1n) is 10.5. The predicted molar refractivity (Wildman–Crippen MR) is 125 cm³/mol. The summed E-state index contributed by atoms with van der Waals surface area (Å²) in [7, 11) is -3.89. The molecule has 2 aliphatic heterocycles. The van der Waals surface area contributed by atoms with E-state index in [4.69, 9.17) is 21.1 Å². The molecule has 7 nitrogen and oxygen atoms in total. The Bertz CT molecular complexity index is 1340. The van der Waals surface area contributed by atoms with Crippen LogP contribution in [0.25, 0.3) is 0 Å². The number of halogens is 1. The van der Waals surface area contributed by atoms with Crippen LogP contribution >= 0.6 is 11.6 Å². The molecule has 170 valence electrons. The molecule has 0 spiro atoms. The molecule has 0 aromatic heterocycles. The fourth-order valence-electron chi connectivity index (χ4n) is 3.98. The van der Waals surface area contributed by atoms with Crippen LogP contribution in [-0.4, -0.2) is 38.4 Å². The highest BCUT2D eigenvalue weighted by molar-refractivity contribution is 7.89. The van der Waals surface area contributed by atoms with Crippen molar-refractivity contribution in [2.45, 2.75) is 17.9 Å². The van der Waals surface area contributed by atoms with Crippen LogP contribution in [-0.2, 0) is 23.0 Å². The Morgan fingerprint density at radius 3 is 2.52 bits per heavy atom. The van der Waals surface area contributed by atoms with E-state index in [2.05, 4.69) is 5.32 Å². The largest absolute Gasteiger partial charge is 0.486 e. The van der Waals surface area contributed by atoms with Gasteiger partial charge in [-0.15, -0.1) is 0 Å². The van der Waals surface area contributed by atoms with Gasteiger partial charge in [0.1, 0.15) is 18.1 Å². The molecule has 3 aromatic carbocycles. The van der Waals surface area contributed by atoms with E-state index in [-0.39, 0.29) is 22.0 Å². The van der Waals surface area contributed by atoms with Crippen molar-refractivity contribution in [3.05, 3.63) is 82.4 Å². The lowest BCUT2D eigenvalue weighted by atomic mass is 10.0. The minimum absolute atomic E-state index is 0.0738. The van der Waals surface area contributed by atoms with Gasteiger partial charge in [-0.05, 0) is 47.9 Å². The number of nitrogens with one attached hydrogen (secondary N) is 1. The molecule has 1 amide bonds. The minimum atomic E-state index is -3.89. The zero-order chi connectivity index (χ0) is 23.0. The lowest BCUT2D eigenvalue weighted by Gasteiger charge is -2.28. The molecule has 0 radical (unpaired) electrons. The summed E-state index contributed by atoms with van der Waals surface area (Å²) in [4.78, 5) is 12.8. The number of amides is 1. The maximum absolute atomic E-state index is 13.4. The van der Waals surface area contributed by atoms with E-state index in [9.17, 15) is 13.2 Å². The molecule has 33 heavy (non-hydrogen) atoms. The smallest absolute Gasteiger partial charge is 0.255 e. The van der Waals surface area contributed by atoms with Gasteiger partial charge in [-0.3, -0.25) is 4.79 Å². The van der Waals surface area contributed by atoms with Crippen LogP contribution in [0.15, 0.2) is 65.6 Å². The number of nitrogens with zero attached hydrogens (tertiary/aromatic N) is 1. The van der Waals surface area contributed by atoms with Crippen LogP contribution in [0, 0.1) is 0 Å². The molecule has 2 heterocycles. The standard InChI is InChI=1S/C24H21ClN2O5S/c25-20-7-5-17(24(28)26-19-6-8-21-22(14-19)32-12-11-31-21)13-23(20)33(29,30)27-10-9-16-3-1-2-4-18(16)15-27/h1-8,13-14H,9-12,15H2,(H,26,28). The Kier molecular flexibility index (Phi) is 5.74. The molecule has 0 saturated heterocycles. The van der Waals surface area contributed by atoms with Gasteiger partial charge in [0.25, 0.3) is 5.91 Å². The second kappa shape index (κ2) is 8.70. The second-order valence-electron chi connectivity index (χ2n) is 7.82. The SMILES string of the molecule is O=C(Nc1ccc2c(c1)OCCO2)c1ccc(Cl)c(S(=O)(=O)N2CCc3ccccc3C2)c1. The maximum Gasteiger partial charge on any atom is 0.255 e. The Morgan fingerprint density at radius 1 is 0.939 bits per heavy atom. The van der Waals surface area contributed by atoms with Crippen molar-refractivity contribution in [1.82, 2.24) is 4.31 Å². The zero-order valence-corrected chi connectivity index (χ0v) is 19.2. The highest BCUT2D eigenvalue weighted by Gasteiger charge is 2.30. The third-order valence-corrected chi connectivity index (χ3v) is 8.03. The number of rotatable bonds is 4. The molecule has 2 aliphatic rings. The molecule has 0 bridgehead atoms. The van der Waals surface area contributed by atoms with E-state index in [0.717, 1.165) is 11.1 Å². The van der Waals surface area contributed by atoms with Crippen molar-refractivity contribution in [3.63, 3.8) is 0 Å². The Hall–Kier alpha value is -3.07. The number of carbonyl (C=O) groups is 1. The number of fused-ring (bicyclic) bond motifs is 2. The minimum Gasteiger partial charge on any atom is -0.486 e. The summed E-state index contributed by atoms with van der Waals surface area (Å²) in [5.41, 5.74) is 2.81. The monoisotopic (exact) mass is 484 g/mol. The first-order valence-corrected chi connectivity index (χ1v) is 12.3. The van der Waals surface area contributed by atoms with Gasteiger partial charge in [-0.2, -0.15) is 4.31 Å². The van der Waals surface area contributed by atoms with Crippen LogP contribution in [0.3, 0.4) is 0 Å². The molecule has 0 unspecified atom stereocenters. The molecule has 5 rings (SSSR count). The Labute approximate surface area is 196 Å². The van der Waals surface area contributed by atoms with Crippen LogP contribution in [0.2, 0.25) is 5.02 Å². The fraction of sp³-hybridized carbons (Fsp3) is 0.208. The van der Waals surface area contributed by atoms with Crippen molar-refractivity contribution in [1.29, 1.82) is 0 Å². The van der Waals surface area contributed by atoms with E-state index in [0.29, 0.717) is 43.4 Å². The quantitative estimate of drug-likeness (QED) is 0.602. The van der Waals surface area contributed by atoms with E-state index < -0.39 is 15.9 Å². The summed E-state index contributed by atoms with van der Waals surface area (Å²) in [6.07, 6.45) is 0.622. The molecular weight excluding hydrogens is 464 g/mol. The van der Waals surface area contributed by atoms with Crippen molar-refractivity contribution in [2.75, 3.05) is 25.1 Å². The predicted octanol–water partition coefficient (Wildman–Crippen LogP) is 4.11. The van der Waals surface area contributed by atoms with Gasteiger partial charge in [-0.1, -0.05) is 35.9 Å². The van der Waals surface area contributed by atoms with Gasteiger partial charge in [-0.25, -0.2) is 8.42 Å². The lowest BCUT2D eigenvalue weighted by molar-refractivity contribution is 0.102. The van der Waals surface area contributed by atoms with Crippen LogP contribution in [0.1, 0.15) is 21.5 Å². The normalized spacial score (nSPS) is 15.5. The third kappa shape index (κ3) is 4.29. The Morgan fingerprint density at radius 2 is 1.70 bits per heavy atom. The molecule has 0 atom stereocenters. The van der Waals surface area contributed by atoms with Crippen molar-refractivity contribution in [2.24, 2.45) is 0 Å². The second-order valence-corrected chi connectivity index (χ2v) is 10.1. The number of benzene rings is 3. The number of sulfonamides is 1. The van der Waals surface area contributed by atoms with E-state index in [1.54, 1.807) is 18.2 Å². The van der Waals surface area contributed by atoms with E-state index in [1.807, 2.05) is 24.3 Å². The molecule has 0 aliphatic carbocycles. The summed E-state index contributed by atoms with van der Waals surface area (Å²) in [6, 6.07) is 17.1. The first-order chi connectivity index (χ1) is 15.9. The number of ether oxygens (including phenoxy) is 2. The molecule has 0 saturated carbocycles. The van der Waals surface area contributed by atoms with Gasteiger partial charge in [0.05, 0.1) is 5.02 Å². The average Bonchev–Trinajstić information content (AvgIpc) is 2.83. The van der Waals surface area contributed by atoms with Crippen LogP contribution < -0.4 is 14.8 Å². The van der Waals surface area contributed by atoms with Crippen molar-refractivity contribution < 1.29 is 22.7 Å². The van der Waals surface area contributed by atoms with Gasteiger partial charge in [0.15, 0.2) is 11.5 Å². The Balaban J connectivity index is 1.39. The molecule has 1 N–H and O–H groups in total.